The van der Waals surface area contributed by atoms with Crippen molar-refractivity contribution in [1.82, 2.24) is 4.98 Å². The van der Waals surface area contributed by atoms with Gasteiger partial charge in [0, 0.05) is 6.20 Å². The lowest BCUT2D eigenvalue weighted by Crippen LogP contribution is -1.92. The lowest BCUT2D eigenvalue weighted by atomic mass is 10.1. The van der Waals surface area contributed by atoms with Gasteiger partial charge in [0.2, 0.25) is 6.79 Å². The minimum Gasteiger partial charge on any atom is -0.454 e. The molecule has 1 aromatic heterocycles. The summed E-state index contributed by atoms with van der Waals surface area (Å²) in [4.78, 5) is 3.96. The zero-order valence-corrected chi connectivity index (χ0v) is 8.51. The maximum Gasteiger partial charge on any atom is 0.231 e. The van der Waals surface area contributed by atoms with Crippen LogP contribution in [0.25, 0.3) is 11.1 Å². The molecule has 0 bridgehead atoms. The van der Waals surface area contributed by atoms with Crippen molar-refractivity contribution < 1.29 is 9.47 Å². The van der Waals surface area contributed by atoms with Crippen molar-refractivity contribution >= 4 is 5.82 Å². The fraction of sp³-hybridized carbons (Fsp3) is 0.0833. The highest BCUT2D eigenvalue weighted by Crippen LogP contribution is 2.35. The Morgan fingerprint density at radius 3 is 2.69 bits per heavy atom. The normalized spacial score (nSPS) is 12.8. The monoisotopic (exact) mass is 214 g/mol. The number of benzene rings is 1. The van der Waals surface area contributed by atoms with Gasteiger partial charge in [0.25, 0.3) is 0 Å². The molecule has 0 amide bonds. The van der Waals surface area contributed by atoms with E-state index in [0.29, 0.717) is 5.82 Å². The van der Waals surface area contributed by atoms with E-state index in [0.717, 1.165) is 22.6 Å². The lowest BCUT2D eigenvalue weighted by Gasteiger charge is -2.03. The van der Waals surface area contributed by atoms with Gasteiger partial charge in [0.1, 0.15) is 5.82 Å². The van der Waals surface area contributed by atoms with Gasteiger partial charge in [-0.25, -0.2) is 4.98 Å². The van der Waals surface area contributed by atoms with Gasteiger partial charge < -0.3 is 15.2 Å². The van der Waals surface area contributed by atoms with Crippen LogP contribution in [0.3, 0.4) is 0 Å². The minimum atomic E-state index is 0.289. The van der Waals surface area contributed by atoms with Crippen molar-refractivity contribution in [3.05, 3.63) is 36.5 Å². The average molecular weight is 214 g/mol. The first-order valence-corrected chi connectivity index (χ1v) is 4.94. The Morgan fingerprint density at radius 2 is 1.81 bits per heavy atom. The number of anilines is 1. The number of hydrogen-bond donors (Lipinski definition) is 1. The molecule has 16 heavy (non-hydrogen) atoms. The number of pyridine rings is 1. The van der Waals surface area contributed by atoms with Crippen LogP contribution in [0.2, 0.25) is 0 Å². The third-order valence-corrected chi connectivity index (χ3v) is 2.49. The van der Waals surface area contributed by atoms with Crippen molar-refractivity contribution in [2.75, 3.05) is 12.5 Å². The van der Waals surface area contributed by atoms with Crippen molar-refractivity contribution in [2.45, 2.75) is 0 Å². The van der Waals surface area contributed by atoms with Crippen LogP contribution in [0.5, 0.6) is 11.5 Å². The minimum absolute atomic E-state index is 0.289. The highest BCUT2D eigenvalue weighted by atomic mass is 16.7. The molecule has 0 saturated heterocycles. The molecular weight excluding hydrogens is 204 g/mol. The second-order valence-corrected chi connectivity index (χ2v) is 3.54. The molecule has 0 fully saturated rings. The van der Waals surface area contributed by atoms with Gasteiger partial charge in [0.15, 0.2) is 11.5 Å². The summed E-state index contributed by atoms with van der Waals surface area (Å²) >= 11 is 0. The Hall–Kier alpha value is -2.23. The number of nitrogens with zero attached hydrogens (tertiary/aromatic N) is 1. The second kappa shape index (κ2) is 3.41. The fourth-order valence-electron chi connectivity index (χ4n) is 1.70. The predicted molar refractivity (Wildman–Crippen MR) is 60.2 cm³/mol. The Bertz CT molecular complexity index is 540. The number of ether oxygens (including phenoxy) is 2. The van der Waals surface area contributed by atoms with Gasteiger partial charge in [-0.1, -0.05) is 6.07 Å². The second-order valence-electron chi connectivity index (χ2n) is 3.54. The predicted octanol–water partition coefficient (Wildman–Crippen LogP) is 2.06. The maximum absolute atomic E-state index is 5.64. The van der Waals surface area contributed by atoms with Crippen molar-refractivity contribution in [2.24, 2.45) is 0 Å². The Labute approximate surface area is 92.6 Å². The summed E-state index contributed by atoms with van der Waals surface area (Å²) in [5, 5.41) is 0. The van der Waals surface area contributed by atoms with E-state index in [1.807, 2.05) is 30.3 Å². The number of fused-ring (bicyclic) bond motifs is 1. The first kappa shape index (κ1) is 9.03. The summed E-state index contributed by atoms with van der Waals surface area (Å²) in [5.74, 6) is 2.06. The molecule has 0 spiro atoms. The van der Waals surface area contributed by atoms with E-state index in [-0.39, 0.29) is 6.79 Å². The van der Waals surface area contributed by atoms with E-state index in [1.54, 1.807) is 6.20 Å². The molecule has 80 valence electrons. The van der Waals surface area contributed by atoms with Crippen molar-refractivity contribution in [3.8, 4) is 22.6 Å². The van der Waals surface area contributed by atoms with E-state index in [9.17, 15) is 0 Å². The largest absolute Gasteiger partial charge is 0.454 e. The molecule has 0 radical (unpaired) electrons. The highest BCUT2D eigenvalue weighted by molar-refractivity contribution is 5.69. The number of hydrogen-bond acceptors (Lipinski definition) is 4. The van der Waals surface area contributed by atoms with Gasteiger partial charge in [-0.15, -0.1) is 0 Å². The summed E-state index contributed by atoms with van der Waals surface area (Å²) in [6, 6.07) is 9.55. The summed E-state index contributed by atoms with van der Waals surface area (Å²) in [5.41, 5.74) is 7.70. The molecule has 4 heteroatoms. The summed E-state index contributed by atoms with van der Waals surface area (Å²) in [6.45, 7) is 0.289. The molecule has 2 aromatic rings. The van der Waals surface area contributed by atoms with E-state index >= 15 is 0 Å². The Kier molecular flexibility index (Phi) is 1.93. The molecule has 0 saturated carbocycles. The molecule has 0 atom stereocenters. The van der Waals surface area contributed by atoms with E-state index < -0.39 is 0 Å². The van der Waals surface area contributed by atoms with Gasteiger partial charge >= 0.3 is 0 Å². The van der Waals surface area contributed by atoms with Crippen molar-refractivity contribution in [3.63, 3.8) is 0 Å². The molecule has 1 aliphatic rings. The molecule has 4 nitrogen and oxygen atoms in total. The molecule has 0 unspecified atom stereocenters. The zero-order chi connectivity index (χ0) is 11.0. The Balaban J connectivity index is 2.07. The topological polar surface area (TPSA) is 57.4 Å². The quantitative estimate of drug-likeness (QED) is 0.789. The number of nitrogens with two attached hydrogens (primary N) is 1. The smallest absolute Gasteiger partial charge is 0.231 e. The van der Waals surface area contributed by atoms with E-state index in [4.69, 9.17) is 15.2 Å². The average Bonchev–Trinajstić information content (AvgIpc) is 2.75. The van der Waals surface area contributed by atoms with Crippen LogP contribution in [-0.4, -0.2) is 11.8 Å². The molecule has 1 aliphatic heterocycles. The standard InChI is InChI=1S/C12H10N2O2/c13-12-6-9(3-4-14-12)8-1-2-10-11(5-8)16-7-15-10/h1-6H,7H2,(H2,13,14). The lowest BCUT2D eigenvalue weighted by molar-refractivity contribution is 0.174. The van der Waals surface area contributed by atoms with Crippen LogP contribution in [0, 0.1) is 0 Å². The third kappa shape index (κ3) is 1.44. The van der Waals surface area contributed by atoms with Crippen LogP contribution in [0.15, 0.2) is 36.5 Å². The van der Waals surface area contributed by atoms with Crippen LogP contribution >= 0.6 is 0 Å². The SMILES string of the molecule is Nc1cc(-c2ccc3c(c2)OCO3)ccn1. The number of nitrogen functional groups attached to an aromatic ring is 1. The highest BCUT2D eigenvalue weighted by Gasteiger charge is 2.13. The van der Waals surface area contributed by atoms with Gasteiger partial charge in [0.05, 0.1) is 0 Å². The van der Waals surface area contributed by atoms with Crippen molar-refractivity contribution in [1.29, 1.82) is 0 Å². The van der Waals surface area contributed by atoms with E-state index in [1.165, 1.54) is 0 Å². The van der Waals surface area contributed by atoms with Crippen LogP contribution < -0.4 is 15.2 Å². The first-order chi connectivity index (χ1) is 7.83. The molecule has 0 aliphatic carbocycles. The van der Waals surface area contributed by atoms with Crippen LogP contribution in [-0.2, 0) is 0 Å². The summed E-state index contributed by atoms with van der Waals surface area (Å²) in [7, 11) is 0. The summed E-state index contributed by atoms with van der Waals surface area (Å²) < 4.78 is 10.6. The van der Waals surface area contributed by atoms with Crippen LogP contribution in [0.1, 0.15) is 0 Å². The summed E-state index contributed by atoms with van der Waals surface area (Å²) in [6.07, 6.45) is 1.69. The maximum atomic E-state index is 5.64. The van der Waals surface area contributed by atoms with Crippen LogP contribution in [0.4, 0.5) is 5.82 Å². The molecule has 2 N–H and O–H groups in total. The van der Waals surface area contributed by atoms with Gasteiger partial charge in [-0.2, -0.15) is 0 Å². The molecular formula is C12H10N2O2. The fourth-order valence-corrected chi connectivity index (χ4v) is 1.70. The third-order valence-electron chi connectivity index (χ3n) is 2.49. The molecule has 2 heterocycles. The number of aromatic nitrogens is 1. The zero-order valence-electron chi connectivity index (χ0n) is 8.51. The van der Waals surface area contributed by atoms with E-state index in [2.05, 4.69) is 4.98 Å². The first-order valence-electron chi connectivity index (χ1n) is 4.94. The molecule has 3 rings (SSSR count). The number of rotatable bonds is 1. The van der Waals surface area contributed by atoms with Gasteiger partial charge in [-0.05, 0) is 35.4 Å². The van der Waals surface area contributed by atoms with Gasteiger partial charge in [-0.3, -0.25) is 0 Å². The molecule has 1 aromatic carbocycles. The Morgan fingerprint density at radius 1 is 1.00 bits per heavy atom.